The number of nitrogens with one attached hydrogen (secondary N) is 2. The number of urea groups is 1. The summed E-state index contributed by atoms with van der Waals surface area (Å²) in [6, 6.07) is 7.91. The highest BCUT2D eigenvalue weighted by molar-refractivity contribution is 5.89. The number of amides is 2. The summed E-state index contributed by atoms with van der Waals surface area (Å²) < 4.78 is 23.8. The van der Waals surface area contributed by atoms with Gasteiger partial charge in [0.1, 0.15) is 6.10 Å². The molecule has 0 saturated heterocycles. The Hall–Kier alpha value is -1.69. The molecule has 1 unspecified atom stereocenters. The van der Waals surface area contributed by atoms with Gasteiger partial charge in [0.05, 0.1) is 6.54 Å². The highest BCUT2D eigenvalue weighted by atomic mass is 19.3. The third-order valence-electron chi connectivity index (χ3n) is 1.79. The molecule has 0 aliphatic heterocycles. The number of hydrogen-bond acceptors (Lipinski definition) is 2. The van der Waals surface area contributed by atoms with Crippen molar-refractivity contribution < 1.29 is 18.7 Å². The second-order valence-electron chi connectivity index (χ2n) is 3.10. The van der Waals surface area contributed by atoms with E-state index in [0.717, 1.165) is 0 Å². The van der Waals surface area contributed by atoms with Crippen LogP contribution in [-0.4, -0.2) is 30.2 Å². The molecule has 0 aliphatic rings. The largest absolute Gasteiger partial charge is 0.385 e. The van der Waals surface area contributed by atoms with Gasteiger partial charge in [0.2, 0.25) is 0 Å². The fourth-order valence-corrected chi connectivity index (χ4v) is 0.983. The number of alkyl halides is 2. The minimum Gasteiger partial charge on any atom is -0.385 e. The summed E-state index contributed by atoms with van der Waals surface area (Å²) in [6.07, 6.45) is -4.71. The third kappa shape index (κ3) is 4.22. The van der Waals surface area contributed by atoms with Crippen molar-refractivity contribution >= 4 is 11.7 Å². The van der Waals surface area contributed by atoms with Crippen LogP contribution >= 0.6 is 0 Å². The maximum atomic E-state index is 11.9. The topological polar surface area (TPSA) is 61.4 Å². The van der Waals surface area contributed by atoms with E-state index in [1.54, 1.807) is 30.3 Å². The van der Waals surface area contributed by atoms with Gasteiger partial charge in [-0.25, -0.2) is 13.6 Å². The van der Waals surface area contributed by atoms with Crippen LogP contribution in [0.4, 0.5) is 19.3 Å². The van der Waals surface area contributed by atoms with Crippen molar-refractivity contribution in [2.45, 2.75) is 12.5 Å². The van der Waals surface area contributed by atoms with Gasteiger partial charge in [0.15, 0.2) is 0 Å². The van der Waals surface area contributed by atoms with Gasteiger partial charge in [-0.1, -0.05) is 18.2 Å². The average molecular weight is 230 g/mol. The summed E-state index contributed by atoms with van der Waals surface area (Å²) in [7, 11) is 0. The summed E-state index contributed by atoms with van der Waals surface area (Å²) in [5.41, 5.74) is 0.548. The molecule has 3 N–H and O–H groups in total. The third-order valence-corrected chi connectivity index (χ3v) is 1.79. The van der Waals surface area contributed by atoms with E-state index >= 15 is 0 Å². The quantitative estimate of drug-likeness (QED) is 0.732. The van der Waals surface area contributed by atoms with E-state index in [2.05, 4.69) is 10.6 Å². The number of rotatable bonds is 4. The van der Waals surface area contributed by atoms with E-state index in [0.29, 0.717) is 5.69 Å². The molecule has 1 aromatic rings. The minimum absolute atomic E-state index is 0.490. The number of carbonyl (C=O) groups excluding carboxylic acids is 1. The fraction of sp³-hybridized carbons (Fsp3) is 0.300. The molecule has 2 amide bonds. The predicted octanol–water partition coefficient (Wildman–Crippen LogP) is 1.43. The Morgan fingerprint density at radius 2 is 1.94 bits per heavy atom. The van der Waals surface area contributed by atoms with E-state index < -0.39 is 25.1 Å². The Morgan fingerprint density at radius 1 is 1.31 bits per heavy atom. The maximum absolute atomic E-state index is 11.9. The standard InChI is InChI=1S/C10H12F2N2O2/c11-9(12)8(15)6-13-10(16)14-7-4-2-1-3-5-7/h1-5,8-9,15H,6H2,(H2,13,14,16). The fourth-order valence-electron chi connectivity index (χ4n) is 0.983. The lowest BCUT2D eigenvalue weighted by molar-refractivity contribution is -0.00155. The molecule has 0 spiro atoms. The van der Waals surface area contributed by atoms with Crippen LogP contribution in [0.5, 0.6) is 0 Å². The lowest BCUT2D eigenvalue weighted by atomic mass is 10.3. The van der Waals surface area contributed by atoms with E-state index in [1.165, 1.54) is 0 Å². The molecular formula is C10H12F2N2O2. The van der Waals surface area contributed by atoms with Crippen molar-refractivity contribution in [2.75, 3.05) is 11.9 Å². The zero-order valence-corrected chi connectivity index (χ0v) is 8.36. The lowest BCUT2D eigenvalue weighted by Gasteiger charge is -2.11. The van der Waals surface area contributed by atoms with E-state index in [-0.39, 0.29) is 0 Å². The Bertz CT molecular complexity index is 333. The second kappa shape index (κ2) is 6.02. The summed E-state index contributed by atoms with van der Waals surface area (Å²) in [5.74, 6) is 0. The molecule has 1 rings (SSSR count). The maximum Gasteiger partial charge on any atom is 0.319 e. The molecule has 88 valence electrons. The van der Waals surface area contributed by atoms with Crippen molar-refractivity contribution in [3.05, 3.63) is 30.3 Å². The molecule has 16 heavy (non-hydrogen) atoms. The smallest absolute Gasteiger partial charge is 0.319 e. The monoisotopic (exact) mass is 230 g/mol. The Balaban J connectivity index is 2.32. The van der Waals surface area contributed by atoms with Crippen molar-refractivity contribution in [1.82, 2.24) is 5.32 Å². The van der Waals surface area contributed by atoms with Gasteiger partial charge in [-0.3, -0.25) is 0 Å². The molecule has 0 radical (unpaired) electrons. The number of para-hydroxylation sites is 1. The molecule has 0 bridgehead atoms. The summed E-state index contributed by atoms with van der Waals surface area (Å²) in [6.45, 7) is -0.490. The molecule has 0 saturated carbocycles. The molecule has 1 aromatic carbocycles. The highest BCUT2D eigenvalue weighted by Crippen LogP contribution is 2.04. The number of benzene rings is 1. The van der Waals surface area contributed by atoms with Gasteiger partial charge >= 0.3 is 6.03 Å². The van der Waals surface area contributed by atoms with Gasteiger partial charge < -0.3 is 15.7 Å². The van der Waals surface area contributed by atoms with Crippen molar-refractivity contribution in [3.63, 3.8) is 0 Å². The van der Waals surface area contributed by atoms with Gasteiger partial charge in [-0.2, -0.15) is 0 Å². The van der Waals surface area contributed by atoms with Crippen LogP contribution in [0.3, 0.4) is 0 Å². The highest BCUT2D eigenvalue weighted by Gasteiger charge is 2.17. The van der Waals surface area contributed by atoms with Crippen LogP contribution in [0.15, 0.2) is 30.3 Å². The Morgan fingerprint density at radius 3 is 2.50 bits per heavy atom. The zero-order valence-electron chi connectivity index (χ0n) is 8.36. The molecule has 0 fully saturated rings. The minimum atomic E-state index is -2.86. The van der Waals surface area contributed by atoms with Crippen molar-refractivity contribution in [2.24, 2.45) is 0 Å². The van der Waals surface area contributed by atoms with E-state index in [9.17, 15) is 13.6 Å². The SMILES string of the molecule is O=C(NCC(O)C(F)F)Nc1ccccc1. The van der Waals surface area contributed by atoms with Crippen LogP contribution in [0.2, 0.25) is 0 Å². The number of anilines is 1. The number of carbonyl (C=O) groups is 1. The van der Waals surface area contributed by atoms with E-state index in [1.807, 2.05) is 0 Å². The number of hydrogen-bond donors (Lipinski definition) is 3. The molecule has 0 aromatic heterocycles. The Labute approximate surface area is 91.3 Å². The molecular weight excluding hydrogens is 218 g/mol. The number of halogens is 2. The second-order valence-corrected chi connectivity index (χ2v) is 3.10. The molecule has 6 heteroatoms. The number of aliphatic hydroxyl groups is 1. The lowest BCUT2D eigenvalue weighted by Crippen LogP contribution is -2.38. The first-order chi connectivity index (χ1) is 7.59. The van der Waals surface area contributed by atoms with Gasteiger partial charge in [-0.15, -0.1) is 0 Å². The Kier molecular flexibility index (Phi) is 4.65. The van der Waals surface area contributed by atoms with Crippen LogP contribution in [0, 0.1) is 0 Å². The van der Waals surface area contributed by atoms with Crippen LogP contribution in [0.1, 0.15) is 0 Å². The predicted molar refractivity (Wildman–Crippen MR) is 55.5 cm³/mol. The van der Waals surface area contributed by atoms with Crippen molar-refractivity contribution in [1.29, 1.82) is 0 Å². The first-order valence-electron chi connectivity index (χ1n) is 4.65. The van der Waals surface area contributed by atoms with Crippen LogP contribution in [-0.2, 0) is 0 Å². The first-order valence-corrected chi connectivity index (χ1v) is 4.65. The van der Waals surface area contributed by atoms with Crippen molar-refractivity contribution in [3.8, 4) is 0 Å². The normalized spacial score (nSPS) is 12.2. The molecule has 4 nitrogen and oxygen atoms in total. The summed E-state index contributed by atoms with van der Waals surface area (Å²) >= 11 is 0. The average Bonchev–Trinajstić information content (AvgIpc) is 2.27. The first kappa shape index (κ1) is 12.4. The summed E-state index contributed by atoms with van der Waals surface area (Å²) in [5, 5.41) is 13.3. The zero-order chi connectivity index (χ0) is 12.0. The molecule has 0 heterocycles. The van der Waals surface area contributed by atoms with Gasteiger partial charge in [0, 0.05) is 5.69 Å². The van der Waals surface area contributed by atoms with Gasteiger partial charge in [0.25, 0.3) is 6.43 Å². The van der Waals surface area contributed by atoms with Crippen LogP contribution in [0.25, 0.3) is 0 Å². The molecule has 1 atom stereocenters. The van der Waals surface area contributed by atoms with Gasteiger partial charge in [-0.05, 0) is 12.1 Å². The molecule has 0 aliphatic carbocycles. The van der Waals surface area contributed by atoms with E-state index in [4.69, 9.17) is 5.11 Å². The number of aliphatic hydroxyl groups excluding tert-OH is 1. The summed E-state index contributed by atoms with van der Waals surface area (Å²) in [4.78, 5) is 11.2. The van der Waals surface area contributed by atoms with Crippen LogP contribution < -0.4 is 10.6 Å².